The summed E-state index contributed by atoms with van der Waals surface area (Å²) in [7, 11) is 0. The van der Waals surface area contributed by atoms with Crippen LogP contribution in [-0.2, 0) is 16.0 Å². The van der Waals surface area contributed by atoms with Crippen LogP contribution in [-0.4, -0.2) is 22.9 Å². The highest BCUT2D eigenvalue weighted by molar-refractivity contribution is 7.10. The van der Waals surface area contributed by atoms with Crippen molar-refractivity contribution >= 4 is 29.1 Å². The number of carboxylic acid groups (broad SMARTS) is 1. The number of nitrogens with one attached hydrogen (secondary N) is 2. The Balaban J connectivity index is 1.62. The van der Waals surface area contributed by atoms with E-state index in [1.165, 1.54) is 11.3 Å². The minimum Gasteiger partial charge on any atom is -0.481 e. The fraction of sp³-hybridized carbons (Fsp3) is 0.438. The molecule has 1 heterocycles. The molecule has 2 aliphatic carbocycles. The van der Waals surface area contributed by atoms with Gasteiger partial charge in [-0.3, -0.25) is 25.2 Å². The number of fused-ring (bicyclic) bond motifs is 2. The zero-order chi connectivity index (χ0) is 16.6. The van der Waals surface area contributed by atoms with Crippen LogP contribution >= 0.6 is 11.3 Å². The third kappa shape index (κ3) is 2.88. The number of allylic oxidation sites excluding steroid dienone is 2. The number of aliphatic carboxylic acids is 1. The van der Waals surface area contributed by atoms with E-state index in [1.54, 1.807) is 11.4 Å². The number of thiophene rings is 1. The number of aryl methyl sites for hydroxylation is 1. The number of carbonyl (C=O) groups excluding carboxylic acids is 2. The predicted molar refractivity (Wildman–Crippen MR) is 84.7 cm³/mol. The van der Waals surface area contributed by atoms with Gasteiger partial charge in [0.15, 0.2) is 0 Å². The molecule has 2 bridgehead atoms. The molecule has 3 N–H and O–H groups in total. The standard InChI is InChI=1S/C16H18N2O4S/c1-2-11-6-10(7-23-11)14(19)17-18-15(20)12-8-3-4-9(5-8)13(12)16(21)22/h3-4,6-9,12-13H,2,5H2,1H3,(H,17,19)(H,18,20)(H,21,22)/t8-,9+,12+,13+/m1/s1. The number of amides is 2. The fourth-order valence-electron chi connectivity index (χ4n) is 3.48. The lowest BCUT2D eigenvalue weighted by Crippen LogP contribution is -2.48. The second-order valence-electron chi connectivity index (χ2n) is 5.94. The largest absolute Gasteiger partial charge is 0.481 e. The summed E-state index contributed by atoms with van der Waals surface area (Å²) >= 11 is 1.49. The van der Waals surface area contributed by atoms with Crippen molar-refractivity contribution in [1.29, 1.82) is 0 Å². The minimum absolute atomic E-state index is 0.0640. The van der Waals surface area contributed by atoms with Crippen molar-refractivity contribution < 1.29 is 19.5 Å². The van der Waals surface area contributed by atoms with Crippen LogP contribution in [0.4, 0.5) is 0 Å². The van der Waals surface area contributed by atoms with Crippen molar-refractivity contribution in [2.75, 3.05) is 0 Å². The Morgan fingerprint density at radius 1 is 1.22 bits per heavy atom. The molecule has 23 heavy (non-hydrogen) atoms. The van der Waals surface area contributed by atoms with Gasteiger partial charge in [-0.25, -0.2) is 0 Å². The zero-order valence-electron chi connectivity index (χ0n) is 12.6. The molecule has 2 amide bonds. The summed E-state index contributed by atoms with van der Waals surface area (Å²) in [5.41, 5.74) is 5.27. The van der Waals surface area contributed by atoms with Crippen LogP contribution in [0.1, 0.15) is 28.6 Å². The molecule has 1 aromatic rings. The van der Waals surface area contributed by atoms with Crippen molar-refractivity contribution in [3.05, 3.63) is 34.0 Å². The summed E-state index contributed by atoms with van der Waals surface area (Å²) in [6, 6.07) is 1.78. The average Bonchev–Trinajstić information content (AvgIpc) is 3.25. The van der Waals surface area contributed by atoms with Crippen LogP contribution in [0.25, 0.3) is 0 Å². The monoisotopic (exact) mass is 334 g/mol. The SMILES string of the molecule is CCc1cc(C(=O)NNC(=O)[C@@H]2[C@@H](C(=O)O)[C@H]3C=C[C@@H]2C3)cs1. The first kappa shape index (κ1) is 15.7. The Kier molecular flexibility index (Phi) is 4.21. The molecule has 7 heteroatoms. The van der Waals surface area contributed by atoms with E-state index in [9.17, 15) is 19.5 Å². The first-order chi connectivity index (χ1) is 11.0. The summed E-state index contributed by atoms with van der Waals surface area (Å²) in [6.45, 7) is 2.00. The average molecular weight is 334 g/mol. The van der Waals surface area contributed by atoms with Crippen molar-refractivity contribution in [1.82, 2.24) is 10.9 Å². The van der Waals surface area contributed by atoms with Gasteiger partial charge in [0.25, 0.3) is 5.91 Å². The highest BCUT2D eigenvalue weighted by Crippen LogP contribution is 2.48. The Hall–Kier alpha value is -2.15. The van der Waals surface area contributed by atoms with Crippen LogP contribution in [0.15, 0.2) is 23.6 Å². The van der Waals surface area contributed by atoms with Crippen molar-refractivity contribution in [2.24, 2.45) is 23.7 Å². The van der Waals surface area contributed by atoms with Gasteiger partial charge in [0.1, 0.15) is 0 Å². The lowest BCUT2D eigenvalue weighted by atomic mass is 9.82. The molecule has 0 unspecified atom stereocenters. The zero-order valence-corrected chi connectivity index (χ0v) is 13.4. The number of rotatable bonds is 4. The maximum atomic E-state index is 12.3. The van der Waals surface area contributed by atoms with Crippen LogP contribution in [0.5, 0.6) is 0 Å². The molecule has 6 nitrogen and oxygen atoms in total. The second kappa shape index (κ2) is 6.16. The van der Waals surface area contributed by atoms with Crippen molar-refractivity contribution in [3.8, 4) is 0 Å². The number of carboxylic acids is 1. The number of hydrazine groups is 1. The molecule has 1 aromatic heterocycles. The molecular formula is C16H18N2O4S. The summed E-state index contributed by atoms with van der Waals surface area (Å²) in [5, 5.41) is 11.1. The van der Waals surface area contributed by atoms with E-state index >= 15 is 0 Å². The molecular weight excluding hydrogens is 316 g/mol. The van der Waals surface area contributed by atoms with E-state index in [2.05, 4.69) is 10.9 Å². The van der Waals surface area contributed by atoms with Gasteiger partial charge in [-0.15, -0.1) is 11.3 Å². The third-order valence-electron chi connectivity index (χ3n) is 4.61. The Morgan fingerprint density at radius 3 is 2.52 bits per heavy atom. The summed E-state index contributed by atoms with van der Waals surface area (Å²) in [5.74, 6) is -3.28. The quantitative estimate of drug-likeness (QED) is 0.575. The van der Waals surface area contributed by atoms with E-state index in [0.29, 0.717) is 12.0 Å². The lowest BCUT2D eigenvalue weighted by Gasteiger charge is -2.23. The number of hydrogen-bond acceptors (Lipinski definition) is 4. The summed E-state index contributed by atoms with van der Waals surface area (Å²) in [4.78, 5) is 36.8. The molecule has 1 saturated carbocycles. The van der Waals surface area contributed by atoms with Crippen LogP contribution in [0.2, 0.25) is 0 Å². The highest BCUT2D eigenvalue weighted by Gasteiger charge is 2.51. The van der Waals surface area contributed by atoms with E-state index < -0.39 is 23.7 Å². The number of carbonyl (C=O) groups is 3. The van der Waals surface area contributed by atoms with Gasteiger partial charge in [-0.2, -0.15) is 0 Å². The Morgan fingerprint density at radius 2 is 1.91 bits per heavy atom. The maximum absolute atomic E-state index is 12.3. The van der Waals surface area contributed by atoms with E-state index in [1.807, 2.05) is 19.1 Å². The first-order valence-corrected chi connectivity index (χ1v) is 8.48. The van der Waals surface area contributed by atoms with Crippen LogP contribution in [0, 0.1) is 23.7 Å². The molecule has 0 aromatic carbocycles. The summed E-state index contributed by atoms with van der Waals surface area (Å²) in [6.07, 6.45) is 5.32. The molecule has 4 atom stereocenters. The fourth-order valence-corrected chi connectivity index (χ4v) is 4.29. The van der Waals surface area contributed by atoms with E-state index in [4.69, 9.17) is 0 Å². The molecule has 0 spiro atoms. The van der Waals surface area contributed by atoms with Gasteiger partial charge >= 0.3 is 5.97 Å². The third-order valence-corrected chi connectivity index (χ3v) is 5.69. The van der Waals surface area contributed by atoms with Crippen molar-refractivity contribution in [2.45, 2.75) is 19.8 Å². The molecule has 3 rings (SSSR count). The molecule has 0 aliphatic heterocycles. The van der Waals surface area contributed by atoms with Gasteiger partial charge in [0, 0.05) is 10.3 Å². The summed E-state index contributed by atoms with van der Waals surface area (Å²) < 4.78 is 0. The maximum Gasteiger partial charge on any atom is 0.307 e. The van der Waals surface area contributed by atoms with Gasteiger partial charge in [-0.05, 0) is 30.7 Å². The van der Waals surface area contributed by atoms with E-state index in [0.717, 1.165) is 11.3 Å². The normalized spacial score (nSPS) is 27.9. The van der Waals surface area contributed by atoms with Gasteiger partial charge in [0.2, 0.25) is 5.91 Å². The minimum atomic E-state index is -0.959. The molecule has 0 radical (unpaired) electrons. The Bertz CT molecular complexity index is 681. The first-order valence-electron chi connectivity index (χ1n) is 7.60. The van der Waals surface area contributed by atoms with Gasteiger partial charge < -0.3 is 5.11 Å². The Labute approximate surface area is 137 Å². The smallest absolute Gasteiger partial charge is 0.307 e. The highest BCUT2D eigenvalue weighted by atomic mass is 32.1. The van der Waals surface area contributed by atoms with Crippen LogP contribution < -0.4 is 10.9 Å². The number of hydrogen-bond donors (Lipinski definition) is 3. The molecule has 122 valence electrons. The topological polar surface area (TPSA) is 95.5 Å². The molecule has 0 saturated heterocycles. The lowest BCUT2D eigenvalue weighted by molar-refractivity contribution is -0.148. The molecule has 1 fully saturated rings. The van der Waals surface area contributed by atoms with Crippen LogP contribution in [0.3, 0.4) is 0 Å². The van der Waals surface area contributed by atoms with E-state index in [-0.39, 0.29) is 17.7 Å². The van der Waals surface area contributed by atoms with Gasteiger partial charge in [-0.1, -0.05) is 19.1 Å². The second-order valence-corrected chi connectivity index (χ2v) is 6.93. The predicted octanol–water partition coefficient (Wildman–Crippen LogP) is 1.59. The van der Waals surface area contributed by atoms with Crippen molar-refractivity contribution in [3.63, 3.8) is 0 Å². The molecule has 2 aliphatic rings. The van der Waals surface area contributed by atoms with Gasteiger partial charge in [0.05, 0.1) is 17.4 Å².